The van der Waals surface area contributed by atoms with Gasteiger partial charge < -0.3 is 20.9 Å². The van der Waals surface area contributed by atoms with Crippen LogP contribution in [0.15, 0.2) is 24.3 Å². The van der Waals surface area contributed by atoms with Crippen molar-refractivity contribution in [3.8, 4) is 0 Å². The van der Waals surface area contributed by atoms with E-state index in [2.05, 4.69) is 5.32 Å². The fraction of sp³-hybridized carbons (Fsp3) is 0.533. The number of anilines is 1. The van der Waals surface area contributed by atoms with E-state index < -0.39 is 12.0 Å². The fourth-order valence-corrected chi connectivity index (χ4v) is 2.38. The Balaban J connectivity index is 1.73. The maximum absolute atomic E-state index is 11.1. The Labute approximate surface area is 119 Å². The number of primary amides is 1. The molecular weight excluding hydrogens is 256 g/mol. The van der Waals surface area contributed by atoms with Crippen LogP contribution in [0.5, 0.6) is 0 Å². The number of carbonyl (C=O) groups excluding carboxylic acids is 1. The summed E-state index contributed by atoms with van der Waals surface area (Å²) in [5, 5.41) is 12.9. The molecule has 0 saturated heterocycles. The third kappa shape index (κ3) is 4.51. The number of carbonyl (C=O) groups is 1. The van der Waals surface area contributed by atoms with Gasteiger partial charge in [-0.05, 0) is 31.0 Å². The molecule has 1 aromatic rings. The van der Waals surface area contributed by atoms with Crippen LogP contribution in [-0.4, -0.2) is 36.4 Å². The van der Waals surface area contributed by atoms with E-state index in [9.17, 15) is 9.90 Å². The van der Waals surface area contributed by atoms with Gasteiger partial charge in [-0.3, -0.25) is 4.79 Å². The van der Waals surface area contributed by atoms with Crippen molar-refractivity contribution in [1.82, 2.24) is 0 Å². The van der Waals surface area contributed by atoms with Crippen LogP contribution in [0.25, 0.3) is 0 Å². The Kier molecular flexibility index (Phi) is 5.38. The largest absolute Gasteiger partial charge is 0.389 e. The van der Waals surface area contributed by atoms with E-state index in [1.807, 2.05) is 6.07 Å². The molecule has 5 nitrogen and oxygen atoms in total. The molecule has 20 heavy (non-hydrogen) atoms. The number of benzene rings is 1. The van der Waals surface area contributed by atoms with Gasteiger partial charge in [-0.15, -0.1) is 0 Å². The van der Waals surface area contributed by atoms with Crippen molar-refractivity contribution < 1.29 is 14.6 Å². The summed E-state index contributed by atoms with van der Waals surface area (Å²) in [4.78, 5) is 11.1. The van der Waals surface area contributed by atoms with Crippen LogP contribution < -0.4 is 11.1 Å². The van der Waals surface area contributed by atoms with Crippen molar-refractivity contribution in [2.24, 2.45) is 5.73 Å². The Morgan fingerprint density at radius 3 is 2.90 bits per heavy atom. The number of ether oxygens (including phenoxy) is 1. The van der Waals surface area contributed by atoms with Gasteiger partial charge in [0.1, 0.15) is 0 Å². The Morgan fingerprint density at radius 2 is 2.20 bits per heavy atom. The SMILES string of the molecule is NC(=O)c1cccc(NCC(O)COC2CCCC2)c1. The molecule has 1 fully saturated rings. The summed E-state index contributed by atoms with van der Waals surface area (Å²) in [6.45, 7) is 0.724. The highest BCUT2D eigenvalue weighted by molar-refractivity contribution is 5.93. The molecule has 2 rings (SSSR count). The average molecular weight is 278 g/mol. The Bertz CT molecular complexity index is 444. The van der Waals surface area contributed by atoms with Gasteiger partial charge in [0.2, 0.25) is 5.91 Å². The van der Waals surface area contributed by atoms with Crippen molar-refractivity contribution in [2.75, 3.05) is 18.5 Å². The van der Waals surface area contributed by atoms with Gasteiger partial charge in [0.15, 0.2) is 0 Å². The van der Waals surface area contributed by atoms with E-state index >= 15 is 0 Å². The maximum Gasteiger partial charge on any atom is 0.248 e. The number of aliphatic hydroxyl groups excluding tert-OH is 1. The topological polar surface area (TPSA) is 84.6 Å². The van der Waals surface area contributed by atoms with Gasteiger partial charge in [0.05, 0.1) is 18.8 Å². The summed E-state index contributed by atoms with van der Waals surface area (Å²) in [6, 6.07) is 6.92. The minimum atomic E-state index is -0.562. The molecule has 1 aliphatic carbocycles. The molecule has 1 amide bonds. The number of nitrogens with one attached hydrogen (secondary N) is 1. The molecule has 0 aliphatic heterocycles. The van der Waals surface area contributed by atoms with Gasteiger partial charge in [-0.2, -0.15) is 0 Å². The van der Waals surface area contributed by atoms with Crippen LogP contribution in [0.3, 0.4) is 0 Å². The molecule has 110 valence electrons. The first-order valence-electron chi connectivity index (χ1n) is 7.08. The molecule has 5 heteroatoms. The third-order valence-corrected chi connectivity index (χ3v) is 3.52. The zero-order valence-corrected chi connectivity index (χ0v) is 11.5. The van der Waals surface area contributed by atoms with Crippen molar-refractivity contribution in [3.63, 3.8) is 0 Å². The van der Waals surface area contributed by atoms with Crippen LogP contribution in [-0.2, 0) is 4.74 Å². The summed E-state index contributed by atoms with van der Waals surface area (Å²) in [6.07, 6.45) is 4.38. The summed E-state index contributed by atoms with van der Waals surface area (Å²) >= 11 is 0. The van der Waals surface area contributed by atoms with Crippen LogP contribution in [0, 0.1) is 0 Å². The molecule has 0 radical (unpaired) electrons. The van der Waals surface area contributed by atoms with E-state index in [0.717, 1.165) is 18.5 Å². The van der Waals surface area contributed by atoms with E-state index in [0.29, 0.717) is 24.8 Å². The third-order valence-electron chi connectivity index (χ3n) is 3.52. The first kappa shape index (κ1) is 14.8. The van der Waals surface area contributed by atoms with Crippen molar-refractivity contribution in [1.29, 1.82) is 0 Å². The average Bonchev–Trinajstić information content (AvgIpc) is 2.96. The first-order chi connectivity index (χ1) is 9.65. The predicted octanol–water partition coefficient (Wildman–Crippen LogP) is 1.52. The lowest BCUT2D eigenvalue weighted by atomic mass is 10.2. The summed E-state index contributed by atoms with van der Waals surface area (Å²) in [5.41, 5.74) is 6.44. The maximum atomic E-state index is 11.1. The Morgan fingerprint density at radius 1 is 1.45 bits per heavy atom. The molecular formula is C15H22N2O3. The predicted molar refractivity (Wildman–Crippen MR) is 77.7 cm³/mol. The fourth-order valence-electron chi connectivity index (χ4n) is 2.38. The molecule has 0 spiro atoms. The number of rotatable bonds is 7. The van der Waals surface area contributed by atoms with Gasteiger partial charge in [-0.25, -0.2) is 0 Å². The zero-order chi connectivity index (χ0) is 14.4. The molecule has 1 aromatic carbocycles. The number of aliphatic hydroxyl groups is 1. The molecule has 1 unspecified atom stereocenters. The highest BCUT2D eigenvalue weighted by Crippen LogP contribution is 2.21. The van der Waals surface area contributed by atoms with E-state index in [4.69, 9.17) is 10.5 Å². The van der Waals surface area contributed by atoms with E-state index in [-0.39, 0.29) is 0 Å². The van der Waals surface area contributed by atoms with Gasteiger partial charge in [0, 0.05) is 17.8 Å². The monoisotopic (exact) mass is 278 g/mol. The normalized spacial score (nSPS) is 17.1. The smallest absolute Gasteiger partial charge is 0.248 e. The zero-order valence-electron chi connectivity index (χ0n) is 11.5. The highest BCUT2D eigenvalue weighted by Gasteiger charge is 2.16. The van der Waals surface area contributed by atoms with Gasteiger partial charge in [0.25, 0.3) is 0 Å². The van der Waals surface area contributed by atoms with Crippen molar-refractivity contribution >= 4 is 11.6 Å². The second-order valence-electron chi connectivity index (χ2n) is 5.22. The second kappa shape index (κ2) is 7.26. The molecule has 4 N–H and O–H groups in total. The quantitative estimate of drug-likeness (QED) is 0.706. The van der Waals surface area contributed by atoms with Gasteiger partial charge in [-0.1, -0.05) is 18.9 Å². The standard InChI is InChI=1S/C15H22N2O3/c16-15(19)11-4-3-5-12(8-11)17-9-13(18)10-20-14-6-1-2-7-14/h3-5,8,13-14,17-18H,1-2,6-7,9-10H2,(H2,16,19). The number of nitrogens with two attached hydrogens (primary N) is 1. The number of hydrogen-bond acceptors (Lipinski definition) is 4. The summed E-state index contributed by atoms with van der Waals surface area (Å²) < 4.78 is 5.65. The van der Waals surface area contributed by atoms with Crippen LogP contribution in [0.1, 0.15) is 36.0 Å². The minimum absolute atomic E-state index is 0.308. The van der Waals surface area contributed by atoms with E-state index in [1.165, 1.54) is 12.8 Å². The number of amides is 1. The molecule has 0 heterocycles. The molecule has 0 aromatic heterocycles. The summed E-state index contributed by atoms with van der Waals surface area (Å²) in [5.74, 6) is -0.459. The van der Waals surface area contributed by atoms with Crippen LogP contribution >= 0.6 is 0 Å². The Hall–Kier alpha value is -1.59. The van der Waals surface area contributed by atoms with Crippen LogP contribution in [0.4, 0.5) is 5.69 Å². The number of hydrogen-bond donors (Lipinski definition) is 3. The van der Waals surface area contributed by atoms with Crippen molar-refractivity contribution in [2.45, 2.75) is 37.9 Å². The lowest BCUT2D eigenvalue weighted by Gasteiger charge is -2.16. The summed E-state index contributed by atoms with van der Waals surface area (Å²) in [7, 11) is 0. The lowest BCUT2D eigenvalue weighted by Crippen LogP contribution is -2.27. The molecule has 1 aliphatic rings. The van der Waals surface area contributed by atoms with Gasteiger partial charge >= 0.3 is 0 Å². The molecule has 1 atom stereocenters. The minimum Gasteiger partial charge on any atom is -0.389 e. The highest BCUT2D eigenvalue weighted by atomic mass is 16.5. The van der Waals surface area contributed by atoms with E-state index in [1.54, 1.807) is 18.2 Å². The first-order valence-corrected chi connectivity index (χ1v) is 7.08. The van der Waals surface area contributed by atoms with Crippen LogP contribution in [0.2, 0.25) is 0 Å². The molecule has 0 bridgehead atoms. The van der Waals surface area contributed by atoms with Crippen molar-refractivity contribution in [3.05, 3.63) is 29.8 Å². The lowest BCUT2D eigenvalue weighted by molar-refractivity contribution is -0.00117. The second-order valence-corrected chi connectivity index (χ2v) is 5.22. The molecule has 1 saturated carbocycles.